The Labute approximate surface area is 140 Å². The van der Waals surface area contributed by atoms with Gasteiger partial charge in [-0.1, -0.05) is 6.07 Å². The van der Waals surface area contributed by atoms with Gasteiger partial charge in [-0.05, 0) is 25.1 Å². The number of benzene rings is 1. The Kier molecular flexibility index (Phi) is 5.31. The SMILES string of the molecule is CC(Cl)C(=O)N1CCN(C(=O)c2cccc(S(C)(=O)=O)c2)CC1. The van der Waals surface area contributed by atoms with Crippen molar-refractivity contribution in [1.29, 1.82) is 0 Å². The van der Waals surface area contributed by atoms with Gasteiger partial charge in [0.15, 0.2) is 9.84 Å². The number of piperazine rings is 1. The zero-order valence-corrected chi connectivity index (χ0v) is 14.6. The second-order valence-electron chi connectivity index (χ2n) is 5.53. The van der Waals surface area contributed by atoms with Crippen LogP contribution in [0.25, 0.3) is 0 Å². The monoisotopic (exact) mass is 358 g/mol. The Hall–Kier alpha value is -1.60. The van der Waals surface area contributed by atoms with E-state index in [1.54, 1.807) is 28.9 Å². The number of sulfone groups is 1. The molecule has 2 amide bonds. The van der Waals surface area contributed by atoms with Gasteiger partial charge in [0.2, 0.25) is 5.91 Å². The molecule has 0 spiro atoms. The van der Waals surface area contributed by atoms with Gasteiger partial charge in [0.25, 0.3) is 5.91 Å². The van der Waals surface area contributed by atoms with Crippen molar-refractivity contribution >= 4 is 33.3 Å². The third-order valence-electron chi connectivity index (χ3n) is 3.73. The van der Waals surface area contributed by atoms with Crippen LogP contribution in [-0.2, 0) is 14.6 Å². The van der Waals surface area contributed by atoms with E-state index in [1.807, 2.05) is 0 Å². The van der Waals surface area contributed by atoms with E-state index in [0.29, 0.717) is 31.7 Å². The van der Waals surface area contributed by atoms with Crippen molar-refractivity contribution < 1.29 is 18.0 Å². The van der Waals surface area contributed by atoms with Gasteiger partial charge in [0.05, 0.1) is 4.90 Å². The fraction of sp³-hybridized carbons (Fsp3) is 0.467. The number of halogens is 1. The molecule has 0 radical (unpaired) electrons. The van der Waals surface area contributed by atoms with E-state index in [1.165, 1.54) is 12.1 Å². The highest BCUT2D eigenvalue weighted by atomic mass is 35.5. The van der Waals surface area contributed by atoms with Crippen LogP contribution >= 0.6 is 11.6 Å². The summed E-state index contributed by atoms with van der Waals surface area (Å²) in [6.07, 6.45) is 1.11. The Morgan fingerprint density at radius 3 is 2.22 bits per heavy atom. The topological polar surface area (TPSA) is 74.8 Å². The van der Waals surface area contributed by atoms with E-state index in [0.717, 1.165) is 6.26 Å². The van der Waals surface area contributed by atoms with Crippen LogP contribution in [-0.4, -0.2) is 67.8 Å². The van der Waals surface area contributed by atoms with E-state index in [9.17, 15) is 18.0 Å². The first-order valence-electron chi connectivity index (χ1n) is 7.22. The molecule has 1 saturated heterocycles. The molecule has 8 heteroatoms. The van der Waals surface area contributed by atoms with E-state index in [-0.39, 0.29) is 16.7 Å². The third kappa shape index (κ3) is 4.23. The molecule has 1 fully saturated rings. The normalized spacial score (nSPS) is 17.0. The maximum atomic E-state index is 12.5. The first kappa shape index (κ1) is 17.7. The average Bonchev–Trinajstić information content (AvgIpc) is 2.53. The number of alkyl halides is 1. The molecule has 2 rings (SSSR count). The summed E-state index contributed by atoms with van der Waals surface area (Å²) in [5, 5.41) is -0.580. The molecule has 1 aromatic rings. The number of carbonyl (C=O) groups is 2. The number of amides is 2. The van der Waals surface area contributed by atoms with Crippen molar-refractivity contribution in [1.82, 2.24) is 9.80 Å². The predicted octanol–water partition coefficient (Wildman–Crippen LogP) is 1.00. The van der Waals surface area contributed by atoms with Crippen LogP contribution < -0.4 is 0 Å². The molecule has 0 saturated carbocycles. The number of carbonyl (C=O) groups excluding carboxylic acids is 2. The second kappa shape index (κ2) is 6.88. The largest absolute Gasteiger partial charge is 0.338 e. The zero-order chi connectivity index (χ0) is 17.2. The summed E-state index contributed by atoms with van der Waals surface area (Å²) in [6.45, 7) is 3.27. The molecule has 1 unspecified atom stereocenters. The summed E-state index contributed by atoms with van der Waals surface area (Å²) in [6, 6.07) is 5.99. The van der Waals surface area contributed by atoms with Crippen LogP contribution in [0.15, 0.2) is 29.2 Å². The van der Waals surface area contributed by atoms with Crippen molar-refractivity contribution in [3.63, 3.8) is 0 Å². The van der Waals surface area contributed by atoms with Crippen LogP contribution in [0.5, 0.6) is 0 Å². The third-order valence-corrected chi connectivity index (χ3v) is 5.02. The fourth-order valence-electron chi connectivity index (χ4n) is 2.42. The summed E-state index contributed by atoms with van der Waals surface area (Å²) in [5.41, 5.74) is 0.332. The van der Waals surface area contributed by atoms with Gasteiger partial charge in [-0.2, -0.15) is 0 Å². The van der Waals surface area contributed by atoms with Crippen molar-refractivity contribution in [2.45, 2.75) is 17.2 Å². The van der Waals surface area contributed by atoms with Gasteiger partial charge in [-0.3, -0.25) is 9.59 Å². The summed E-state index contributed by atoms with van der Waals surface area (Å²) in [5.74, 6) is -0.376. The second-order valence-corrected chi connectivity index (χ2v) is 8.20. The molecule has 6 nitrogen and oxygen atoms in total. The molecule has 0 aromatic heterocycles. The lowest BCUT2D eigenvalue weighted by Gasteiger charge is -2.35. The van der Waals surface area contributed by atoms with Gasteiger partial charge in [-0.15, -0.1) is 11.6 Å². The lowest BCUT2D eigenvalue weighted by Crippen LogP contribution is -2.52. The minimum Gasteiger partial charge on any atom is -0.338 e. The molecule has 1 heterocycles. The molecule has 0 N–H and O–H groups in total. The molecule has 0 aliphatic carbocycles. The number of hydrogen-bond acceptors (Lipinski definition) is 4. The van der Waals surface area contributed by atoms with Crippen LogP contribution in [0.3, 0.4) is 0 Å². The first-order chi connectivity index (χ1) is 10.7. The molecular formula is C15H19ClN2O4S. The molecule has 23 heavy (non-hydrogen) atoms. The van der Waals surface area contributed by atoms with E-state index in [4.69, 9.17) is 11.6 Å². The summed E-state index contributed by atoms with van der Waals surface area (Å²) >= 11 is 5.79. The van der Waals surface area contributed by atoms with Gasteiger partial charge < -0.3 is 9.80 Å². The zero-order valence-electron chi connectivity index (χ0n) is 13.0. The van der Waals surface area contributed by atoms with Crippen LogP contribution in [0.1, 0.15) is 17.3 Å². The van der Waals surface area contributed by atoms with E-state index in [2.05, 4.69) is 0 Å². The van der Waals surface area contributed by atoms with Gasteiger partial charge in [0, 0.05) is 38.0 Å². The number of rotatable bonds is 3. The first-order valence-corrected chi connectivity index (χ1v) is 9.55. The highest BCUT2D eigenvalue weighted by molar-refractivity contribution is 7.90. The molecule has 1 aliphatic rings. The fourth-order valence-corrected chi connectivity index (χ4v) is 3.23. The smallest absolute Gasteiger partial charge is 0.254 e. The van der Waals surface area contributed by atoms with Crippen LogP contribution in [0.2, 0.25) is 0 Å². The molecule has 126 valence electrons. The highest BCUT2D eigenvalue weighted by Crippen LogP contribution is 2.15. The van der Waals surface area contributed by atoms with Crippen molar-refractivity contribution in [3.8, 4) is 0 Å². The quantitative estimate of drug-likeness (QED) is 0.755. The average molecular weight is 359 g/mol. The van der Waals surface area contributed by atoms with Crippen LogP contribution in [0, 0.1) is 0 Å². The maximum absolute atomic E-state index is 12.5. The maximum Gasteiger partial charge on any atom is 0.254 e. The summed E-state index contributed by atoms with van der Waals surface area (Å²) < 4.78 is 23.2. The van der Waals surface area contributed by atoms with E-state index >= 15 is 0 Å². The Bertz CT molecular complexity index is 710. The lowest BCUT2D eigenvalue weighted by atomic mass is 10.2. The summed E-state index contributed by atoms with van der Waals surface area (Å²) in [4.78, 5) is 27.7. The molecule has 1 atom stereocenters. The minimum absolute atomic E-state index is 0.119. The molecule has 0 bridgehead atoms. The van der Waals surface area contributed by atoms with Gasteiger partial charge in [-0.25, -0.2) is 8.42 Å². The summed E-state index contributed by atoms with van der Waals surface area (Å²) in [7, 11) is -3.36. The lowest BCUT2D eigenvalue weighted by molar-refractivity contribution is -0.131. The Morgan fingerprint density at radius 2 is 1.70 bits per heavy atom. The van der Waals surface area contributed by atoms with Gasteiger partial charge in [0.1, 0.15) is 5.38 Å². The van der Waals surface area contributed by atoms with E-state index < -0.39 is 15.2 Å². The molecule has 1 aromatic carbocycles. The van der Waals surface area contributed by atoms with Crippen molar-refractivity contribution in [2.24, 2.45) is 0 Å². The molecular weight excluding hydrogens is 340 g/mol. The predicted molar refractivity (Wildman–Crippen MR) is 87.4 cm³/mol. The minimum atomic E-state index is -3.36. The number of hydrogen-bond donors (Lipinski definition) is 0. The number of nitrogens with zero attached hydrogens (tertiary/aromatic N) is 2. The van der Waals surface area contributed by atoms with Gasteiger partial charge >= 0.3 is 0 Å². The Morgan fingerprint density at radius 1 is 1.13 bits per heavy atom. The van der Waals surface area contributed by atoms with Crippen molar-refractivity contribution in [3.05, 3.63) is 29.8 Å². The van der Waals surface area contributed by atoms with Crippen LogP contribution in [0.4, 0.5) is 0 Å². The molecule has 1 aliphatic heterocycles. The Balaban J connectivity index is 2.07. The standard InChI is InChI=1S/C15H19ClN2O4S/c1-11(16)14(19)17-6-8-18(9-7-17)15(20)12-4-3-5-13(10-12)23(2,21)22/h3-5,10-11H,6-9H2,1-2H3. The highest BCUT2D eigenvalue weighted by Gasteiger charge is 2.26. The van der Waals surface area contributed by atoms with Crippen molar-refractivity contribution in [2.75, 3.05) is 32.4 Å².